The molecule has 0 bridgehead atoms. The van der Waals surface area contributed by atoms with Gasteiger partial charge in [0.05, 0.1) is 20.4 Å². The molecule has 2 heterocycles. The van der Waals surface area contributed by atoms with Crippen molar-refractivity contribution in [3.63, 3.8) is 0 Å². The number of carbonyl (C=O) groups is 1. The predicted octanol–water partition coefficient (Wildman–Crippen LogP) is 3.11. The molecule has 3 aromatic rings. The minimum absolute atomic E-state index is 0.0149. The predicted molar refractivity (Wildman–Crippen MR) is 122 cm³/mol. The lowest BCUT2D eigenvalue weighted by molar-refractivity contribution is 0.0702. The Morgan fingerprint density at radius 1 is 1.06 bits per heavy atom. The first-order valence-electron chi connectivity index (χ1n) is 10.1. The second-order valence-electron chi connectivity index (χ2n) is 7.22. The second kappa shape index (κ2) is 9.46. The van der Waals surface area contributed by atoms with Crippen LogP contribution >= 0.6 is 11.3 Å². The molecule has 0 atom stereocenters. The number of sulfonamides is 1. The van der Waals surface area contributed by atoms with Crippen LogP contribution in [0.3, 0.4) is 0 Å². The van der Waals surface area contributed by atoms with Crippen LogP contribution in [0.4, 0.5) is 4.39 Å². The molecule has 1 fully saturated rings. The molecule has 4 rings (SSSR count). The Hall–Kier alpha value is -3.02. The highest BCUT2D eigenvalue weighted by Gasteiger charge is 2.33. The Kier molecular flexibility index (Phi) is 6.63. The molecule has 1 aliphatic heterocycles. The third-order valence-corrected chi connectivity index (χ3v) is 8.27. The van der Waals surface area contributed by atoms with E-state index in [1.165, 1.54) is 36.9 Å². The molecule has 0 N–H and O–H groups in total. The van der Waals surface area contributed by atoms with Crippen molar-refractivity contribution in [1.82, 2.24) is 14.2 Å². The first kappa shape index (κ1) is 23.1. The molecule has 174 valence electrons. The molecule has 0 unspecified atom stereocenters. The molecule has 8 nitrogen and oxygen atoms in total. The number of hydrogen-bond acceptors (Lipinski definition) is 7. The molecule has 0 radical (unpaired) electrons. The Morgan fingerprint density at radius 3 is 2.45 bits per heavy atom. The Morgan fingerprint density at radius 2 is 1.79 bits per heavy atom. The normalized spacial score (nSPS) is 14.8. The average molecular weight is 492 g/mol. The fourth-order valence-electron chi connectivity index (χ4n) is 3.54. The van der Waals surface area contributed by atoms with Gasteiger partial charge in [0.15, 0.2) is 0 Å². The summed E-state index contributed by atoms with van der Waals surface area (Å²) in [4.78, 5) is 19.1. The number of halogens is 1. The van der Waals surface area contributed by atoms with Gasteiger partial charge in [-0.1, -0.05) is 12.1 Å². The molecule has 1 aliphatic rings. The third kappa shape index (κ3) is 4.56. The Balaban J connectivity index is 1.47. The highest BCUT2D eigenvalue weighted by Crippen LogP contribution is 2.32. The van der Waals surface area contributed by atoms with E-state index in [0.29, 0.717) is 21.2 Å². The van der Waals surface area contributed by atoms with Crippen LogP contribution < -0.4 is 9.47 Å². The number of methoxy groups -OCH3 is 2. The van der Waals surface area contributed by atoms with E-state index < -0.39 is 15.8 Å². The van der Waals surface area contributed by atoms with E-state index in [2.05, 4.69) is 4.98 Å². The number of hydrogen-bond donors (Lipinski definition) is 0. The summed E-state index contributed by atoms with van der Waals surface area (Å²) < 4.78 is 52.2. The zero-order valence-corrected chi connectivity index (χ0v) is 19.7. The Bertz CT molecular complexity index is 1270. The zero-order chi connectivity index (χ0) is 23.6. The molecule has 1 saturated heterocycles. The van der Waals surface area contributed by atoms with E-state index in [1.807, 2.05) is 0 Å². The minimum Gasteiger partial charge on any atom is -0.497 e. The van der Waals surface area contributed by atoms with E-state index in [0.717, 1.165) is 11.3 Å². The number of aromatic nitrogens is 1. The molecule has 0 spiro atoms. The number of rotatable bonds is 6. The standard InChI is InChI=1S/C22H22FN3O5S2/c1-30-15-7-8-18(31-2)20(13-15)33(28,29)26-11-9-25(10-12-26)22(27)19-14-24-21(32-19)16-5-3-4-6-17(16)23/h3-8,13-14H,9-12H2,1-2H3. The van der Waals surface area contributed by atoms with E-state index >= 15 is 0 Å². The van der Waals surface area contributed by atoms with Gasteiger partial charge < -0.3 is 14.4 Å². The lowest BCUT2D eigenvalue weighted by Crippen LogP contribution is -2.50. The first-order valence-corrected chi connectivity index (χ1v) is 12.3. The molecular formula is C22H22FN3O5S2. The van der Waals surface area contributed by atoms with Crippen LogP contribution in [0, 0.1) is 5.82 Å². The average Bonchev–Trinajstić information content (AvgIpc) is 3.33. The van der Waals surface area contributed by atoms with Crippen molar-refractivity contribution in [2.45, 2.75) is 4.90 Å². The summed E-state index contributed by atoms with van der Waals surface area (Å²) in [5.41, 5.74) is 0.338. The number of piperazine rings is 1. The minimum atomic E-state index is -3.85. The number of nitrogens with zero attached hydrogens (tertiary/aromatic N) is 3. The topological polar surface area (TPSA) is 89.0 Å². The third-order valence-electron chi connectivity index (χ3n) is 5.34. The second-order valence-corrected chi connectivity index (χ2v) is 10.2. The van der Waals surface area contributed by atoms with Gasteiger partial charge in [0.2, 0.25) is 10.0 Å². The van der Waals surface area contributed by atoms with E-state index in [9.17, 15) is 17.6 Å². The van der Waals surface area contributed by atoms with Crippen LogP contribution in [0.1, 0.15) is 9.67 Å². The van der Waals surface area contributed by atoms with Crippen molar-refractivity contribution in [1.29, 1.82) is 0 Å². The molecule has 0 aliphatic carbocycles. The van der Waals surface area contributed by atoms with Gasteiger partial charge in [-0.2, -0.15) is 4.31 Å². The summed E-state index contributed by atoms with van der Waals surface area (Å²) in [6.07, 6.45) is 1.43. The van der Waals surface area contributed by atoms with Gasteiger partial charge >= 0.3 is 0 Å². The molecule has 0 saturated carbocycles. The maximum Gasteiger partial charge on any atom is 0.265 e. The SMILES string of the molecule is COc1ccc(OC)c(S(=O)(=O)N2CCN(C(=O)c3cnc(-c4ccccc4F)s3)CC2)c1. The number of amides is 1. The highest BCUT2D eigenvalue weighted by molar-refractivity contribution is 7.89. The van der Waals surface area contributed by atoms with Crippen molar-refractivity contribution in [2.75, 3.05) is 40.4 Å². The largest absolute Gasteiger partial charge is 0.497 e. The van der Waals surface area contributed by atoms with E-state index in [4.69, 9.17) is 9.47 Å². The van der Waals surface area contributed by atoms with Crippen LogP contribution in [0.25, 0.3) is 10.6 Å². The van der Waals surface area contributed by atoms with Crippen LogP contribution in [-0.4, -0.2) is 68.9 Å². The van der Waals surface area contributed by atoms with Gasteiger partial charge in [0.25, 0.3) is 5.91 Å². The molecular weight excluding hydrogens is 469 g/mol. The summed E-state index contributed by atoms with van der Waals surface area (Å²) in [6.45, 7) is 0.704. The van der Waals surface area contributed by atoms with Crippen LogP contribution in [-0.2, 0) is 10.0 Å². The summed E-state index contributed by atoms with van der Waals surface area (Å²) in [5, 5.41) is 0.419. The van der Waals surface area contributed by atoms with Crippen molar-refractivity contribution in [3.05, 3.63) is 59.4 Å². The number of benzene rings is 2. The van der Waals surface area contributed by atoms with Crippen LogP contribution in [0.2, 0.25) is 0 Å². The summed E-state index contributed by atoms with van der Waals surface area (Å²) in [6, 6.07) is 10.8. The molecule has 11 heteroatoms. The Labute approximate surface area is 195 Å². The zero-order valence-electron chi connectivity index (χ0n) is 18.0. The smallest absolute Gasteiger partial charge is 0.265 e. The van der Waals surface area contributed by atoms with Gasteiger partial charge in [-0.15, -0.1) is 11.3 Å². The van der Waals surface area contributed by atoms with Gasteiger partial charge in [0, 0.05) is 37.8 Å². The van der Waals surface area contributed by atoms with Crippen molar-refractivity contribution in [2.24, 2.45) is 0 Å². The van der Waals surface area contributed by atoms with Gasteiger partial charge in [0.1, 0.15) is 32.1 Å². The lowest BCUT2D eigenvalue weighted by Gasteiger charge is -2.34. The number of thiazole rings is 1. The number of carbonyl (C=O) groups excluding carboxylic acids is 1. The maximum atomic E-state index is 14.0. The maximum absolute atomic E-state index is 14.0. The van der Waals surface area contributed by atoms with E-state index in [-0.39, 0.29) is 42.7 Å². The van der Waals surface area contributed by atoms with Crippen molar-refractivity contribution in [3.8, 4) is 22.1 Å². The van der Waals surface area contributed by atoms with Crippen LogP contribution in [0.5, 0.6) is 11.5 Å². The summed E-state index contributed by atoms with van der Waals surface area (Å²) in [5.74, 6) is -0.0394. The fourth-order valence-corrected chi connectivity index (χ4v) is 6.05. The quantitative estimate of drug-likeness (QED) is 0.527. The molecule has 1 amide bonds. The van der Waals surface area contributed by atoms with Gasteiger partial charge in [-0.25, -0.2) is 17.8 Å². The monoisotopic (exact) mass is 491 g/mol. The first-order chi connectivity index (χ1) is 15.8. The van der Waals surface area contributed by atoms with Crippen molar-refractivity contribution >= 4 is 27.3 Å². The number of ether oxygens (including phenoxy) is 2. The van der Waals surface area contributed by atoms with Crippen LogP contribution in [0.15, 0.2) is 53.6 Å². The van der Waals surface area contributed by atoms with Crippen molar-refractivity contribution < 1.29 is 27.1 Å². The summed E-state index contributed by atoms with van der Waals surface area (Å²) in [7, 11) is -0.986. The summed E-state index contributed by atoms with van der Waals surface area (Å²) >= 11 is 1.11. The lowest BCUT2D eigenvalue weighted by atomic mass is 10.2. The van der Waals surface area contributed by atoms with Gasteiger partial charge in [-0.05, 0) is 24.3 Å². The molecule has 33 heavy (non-hydrogen) atoms. The molecule has 1 aromatic heterocycles. The molecule has 2 aromatic carbocycles. The fraction of sp³-hybridized carbons (Fsp3) is 0.273. The van der Waals surface area contributed by atoms with Gasteiger partial charge in [-0.3, -0.25) is 4.79 Å². The van der Waals surface area contributed by atoms with E-state index in [1.54, 1.807) is 35.2 Å². The highest BCUT2D eigenvalue weighted by atomic mass is 32.2.